The van der Waals surface area contributed by atoms with Crippen molar-refractivity contribution < 1.29 is 30.0 Å². The van der Waals surface area contributed by atoms with Crippen molar-refractivity contribution in [3.63, 3.8) is 0 Å². The van der Waals surface area contributed by atoms with Crippen LogP contribution in [0.15, 0.2) is 60.7 Å². The molecule has 4 unspecified atom stereocenters. The number of hydrogen-bond donors (Lipinski definition) is 7. The quantitative estimate of drug-likeness (QED) is 0.236. The SMILES string of the molecule is NC(CN(CC(=O)O)CC(=O)O)C(O)c1ccccc1.NCC(N)C(O)c1ccccc1. The molecule has 10 N–H and O–H groups in total. The highest BCUT2D eigenvalue weighted by Crippen LogP contribution is 2.16. The van der Waals surface area contributed by atoms with Gasteiger partial charge in [0, 0.05) is 25.2 Å². The molecule has 0 amide bonds. The first-order chi connectivity index (χ1) is 15.1. The van der Waals surface area contributed by atoms with E-state index in [0.29, 0.717) is 5.56 Å². The summed E-state index contributed by atoms with van der Waals surface area (Å²) in [7, 11) is 0. The van der Waals surface area contributed by atoms with Gasteiger partial charge in [0.05, 0.1) is 25.3 Å². The molecule has 32 heavy (non-hydrogen) atoms. The maximum Gasteiger partial charge on any atom is 0.317 e. The number of carboxylic acid groups (broad SMARTS) is 2. The minimum absolute atomic E-state index is 0.0331. The highest BCUT2D eigenvalue weighted by molar-refractivity contribution is 5.72. The van der Waals surface area contributed by atoms with Gasteiger partial charge in [-0.15, -0.1) is 0 Å². The van der Waals surface area contributed by atoms with Crippen LogP contribution in [0.4, 0.5) is 0 Å². The number of hydrogen-bond acceptors (Lipinski definition) is 8. The maximum absolute atomic E-state index is 10.7. The van der Waals surface area contributed by atoms with E-state index in [2.05, 4.69) is 0 Å². The Morgan fingerprint density at radius 2 is 1.12 bits per heavy atom. The summed E-state index contributed by atoms with van der Waals surface area (Å²) in [5, 5.41) is 37.1. The predicted octanol–water partition coefficient (Wildman–Crippen LogP) is -0.475. The number of aliphatic hydroxyl groups is 2. The molecule has 0 aliphatic heterocycles. The van der Waals surface area contributed by atoms with Crippen LogP contribution < -0.4 is 17.2 Å². The summed E-state index contributed by atoms with van der Waals surface area (Å²) in [4.78, 5) is 22.5. The summed E-state index contributed by atoms with van der Waals surface area (Å²) < 4.78 is 0. The van der Waals surface area contributed by atoms with Crippen molar-refractivity contribution >= 4 is 11.9 Å². The molecule has 2 rings (SSSR count). The number of rotatable bonds is 11. The standard InChI is InChI=1S/C13H18N2O5.C9H14N2O/c14-10(13(20)9-4-2-1-3-5-9)6-15(7-11(16)17)8-12(18)19;10-6-8(11)9(12)7-4-2-1-3-5-7/h1-5,10,13,20H,6-8,14H2,(H,16,17)(H,18,19);1-5,8-9,12H,6,10-11H2. The highest BCUT2D eigenvalue weighted by Gasteiger charge is 2.22. The second-order valence-electron chi connectivity index (χ2n) is 7.23. The molecule has 0 fully saturated rings. The fraction of sp³-hybridized carbons (Fsp3) is 0.364. The Morgan fingerprint density at radius 3 is 1.47 bits per heavy atom. The molecule has 0 spiro atoms. The number of nitrogens with zero attached hydrogens (tertiary/aromatic N) is 1. The van der Waals surface area contributed by atoms with Crippen LogP contribution >= 0.6 is 0 Å². The van der Waals surface area contributed by atoms with Gasteiger partial charge in [-0.05, 0) is 11.1 Å². The molecule has 0 aliphatic carbocycles. The fourth-order valence-corrected chi connectivity index (χ4v) is 2.89. The van der Waals surface area contributed by atoms with Crippen molar-refractivity contribution in [1.82, 2.24) is 4.90 Å². The number of benzene rings is 2. The molecule has 10 nitrogen and oxygen atoms in total. The lowest BCUT2D eigenvalue weighted by Gasteiger charge is -2.25. The van der Waals surface area contributed by atoms with Gasteiger partial charge in [0.15, 0.2) is 0 Å². The summed E-state index contributed by atoms with van der Waals surface area (Å²) >= 11 is 0. The molecular formula is C22H32N4O6. The Labute approximate surface area is 186 Å². The molecule has 176 valence electrons. The second-order valence-corrected chi connectivity index (χ2v) is 7.23. The van der Waals surface area contributed by atoms with E-state index < -0.39 is 43.3 Å². The first kappa shape index (κ1) is 27.2. The van der Waals surface area contributed by atoms with Crippen molar-refractivity contribution in [3.05, 3.63) is 71.8 Å². The molecule has 10 heteroatoms. The predicted molar refractivity (Wildman–Crippen MR) is 120 cm³/mol. The highest BCUT2D eigenvalue weighted by atomic mass is 16.4. The van der Waals surface area contributed by atoms with E-state index in [4.69, 9.17) is 27.4 Å². The zero-order chi connectivity index (χ0) is 24.1. The lowest BCUT2D eigenvalue weighted by molar-refractivity contribution is -0.142. The summed E-state index contributed by atoms with van der Waals surface area (Å²) in [6.07, 6.45) is -1.64. The van der Waals surface area contributed by atoms with Crippen LogP contribution in [-0.2, 0) is 9.59 Å². The Bertz CT molecular complexity index is 793. The minimum atomic E-state index is -1.15. The van der Waals surface area contributed by atoms with Gasteiger partial charge in [-0.3, -0.25) is 14.5 Å². The molecule has 0 heterocycles. The normalized spacial score (nSPS) is 14.6. The minimum Gasteiger partial charge on any atom is -0.480 e. The lowest BCUT2D eigenvalue weighted by Crippen LogP contribution is -2.45. The fourth-order valence-electron chi connectivity index (χ4n) is 2.89. The summed E-state index contributed by atoms with van der Waals surface area (Å²) in [5.41, 5.74) is 18.1. The summed E-state index contributed by atoms with van der Waals surface area (Å²) in [6.45, 7) is -0.631. The van der Waals surface area contributed by atoms with Gasteiger partial charge < -0.3 is 37.6 Å². The van der Waals surface area contributed by atoms with Gasteiger partial charge in [0.2, 0.25) is 0 Å². The van der Waals surface area contributed by atoms with Crippen LogP contribution in [-0.4, -0.2) is 75.5 Å². The van der Waals surface area contributed by atoms with Gasteiger partial charge in [-0.25, -0.2) is 0 Å². The second kappa shape index (κ2) is 14.2. The molecule has 2 aromatic carbocycles. The third-order valence-corrected chi connectivity index (χ3v) is 4.55. The third kappa shape index (κ3) is 9.96. The van der Waals surface area contributed by atoms with E-state index in [0.717, 1.165) is 5.56 Å². The van der Waals surface area contributed by atoms with Crippen LogP contribution in [0.2, 0.25) is 0 Å². The number of carbonyl (C=O) groups is 2. The zero-order valence-electron chi connectivity index (χ0n) is 17.7. The van der Waals surface area contributed by atoms with Crippen LogP contribution in [0, 0.1) is 0 Å². The van der Waals surface area contributed by atoms with Gasteiger partial charge in [0.1, 0.15) is 0 Å². The molecule has 0 aromatic heterocycles. The van der Waals surface area contributed by atoms with Crippen molar-refractivity contribution in [1.29, 1.82) is 0 Å². The van der Waals surface area contributed by atoms with Crippen molar-refractivity contribution in [2.24, 2.45) is 17.2 Å². The molecule has 0 aliphatic rings. The number of nitrogens with two attached hydrogens (primary N) is 3. The average Bonchev–Trinajstić information content (AvgIpc) is 2.78. The molecule has 0 bridgehead atoms. The summed E-state index contributed by atoms with van der Waals surface area (Å²) in [6, 6.07) is 16.8. The van der Waals surface area contributed by atoms with Crippen LogP contribution in [0.3, 0.4) is 0 Å². The van der Waals surface area contributed by atoms with E-state index in [1.165, 1.54) is 4.90 Å². The molecule has 0 radical (unpaired) electrons. The zero-order valence-corrected chi connectivity index (χ0v) is 17.7. The number of aliphatic carboxylic acids is 2. The largest absolute Gasteiger partial charge is 0.480 e. The Morgan fingerprint density at radius 1 is 0.750 bits per heavy atom. The van der Waals surface area contributed by atoms with Crippen LogP contribution in [0.5, 0.6) is 0 Å². The lowest BCUT2D eigenvalue weighted by atomic mass is 10.0. The topological polar surface area (TPSA) is 196 Å². The van der Waals surface area contributed by atoms with Gasteiger partial charge in [-0.1, -0.05) is 60.7 Å². The van der Waals surface area contributed by atoms with Crippen LogP contribution in [0.1, 0.15) is 23.3 Å². The van der Waals surface area contributed by atoms with Gasteiger partial charge in [0.25, 0.3) is 0 Å². The van der Waals surface area contributed by atoms with Crippen molar-refractivity contribution in [3.8, 4) is 0 Å². The smallest absolute Gasteiger partial charge is 0.317 e. The monoisotopic (exact) mass is 448 g/mol. The molecule has 2 aromatic rings. The third-order valence-electron chi connectivity index (χ3n) is 4.55. The van der Waals surface area contributed by atoms with E-state index in [1.807, 2.05) is 30.3 Å². The Kier molecular flexibility index (Phi) is 12.1. The van der Waals surface area contributed by atoms with Crippen molar-refractivity contribution in [2.45, 2.75) is 24.3 Å². The van der Waals surface area contributed by atoms with E-state index in [-0.39, 0.29) is 19.1 Å². The summed E-state index contributed by atoms with van der Waals surface area (Å²) in [5.74, 6) is -2.29. The van der Waals surface area contributed by atoms with E-state index in [1.54, 1.807) is 30.3 Å². The number of aliphatic hydroxyl groups excluding tert-OH is 2. The first-order valence-corrected chi connectivity index (χ1v) is 9.98. The molecule has 0 saturated carbocycles. The van der Waals surface area contributed by atoms with E-state index >= 15 is 0 Å². The van der Waals surface area contributed by atoms with Gasteiger partial charge >= 0.3 is 11.9 Å². The first-order valence-electron chi connectivity index (χ1n) is 9.98. The Hall–Kier alpha value is -2.86. The average molecular weight is 449 g/mol. The van der Waals surface area contributed by atoms with Crippen LogP contribution in [0.25, 0.3) is 0 Å². The maximum atomic E-state index is 10.7. The van der Waals surface area contributed by atoms with E-state index in [9.17, 15) is 19.8 Å². The van der Waals surface area contributed by atoms with Gasteiger partial charge in [-0.2, -0.15) is 0 Å². The van der Waals surface area contributed by atoms with Crippen molar-refractivity contribution in [2.75, 3.05) is 26.2 Å². The molecule has 4 atom stereocenters. The Balaban J connectivity index is 0.000000363. The molecule has 0 saturated heterocycles. The number of carboxylic acids is 2. The molecular weight excluding hydrogens is 416 g/mol.